The molecule has 0 N–H and O–H groups in total. The molecule has 0 unspecified atom stereocenters. The lowest BCUT2D eigenvalue weighted by Gasteiger charge is -2.18. The van der Waals surface area contributed by atoms with Crippen LogP contribution in [0.2, 0.25) is 0 Å². The van der Waals surface area contributed by atoms with Gasteiger partial charge in [-0.1, -0.05) is 303 Å². The number of ether oxygens (including phenoxy) is 3. The Balaban J connectivity index is 4.26. The maximum absolute atomic E-state index is 12.8. The average molecular weight is 920 g/mol. The van der Waals surface area contributed by atoms with E-state index in [1.165, 1.54) is 244 Å². The summed E-state index contributed by atoms with van der Waals surface area (Å²) in [6.07, 6.45) is 60.9. The summed E-state index contributed by atoms with van der Waals surface area (Å²) in [5, 5.41) is 0. The van der Waals surface area contributed by atoms with Crippen LogP contribution in [0.4, 0.5) is 0 Å². The van der Waals surface area contributed by atoms with Crippen molar-refractivity contribution in [3.8, 4) is 0 Å². The Morgan fingerprint density at radius 2 is 0.415 bits per heavy atom. The molecule has 0 saturated heterocycles. The third-order valence-corrected chi connectivity index (χ3v) is 13.6. The number of unbranched alkanes of at least 4 members (excludes halogenated alkanes) is 44. The molecule has 0 heterocycles. The summed E-state index contributed by atoms with van der Waals surface area (Å²) >= 11 is 0. The molecule has 0 radical (unpaired) electrons. The fourth-order valence-electron chi connectivity index (χ4n) is 9.15. The van der Waals surface area contributed by atoms with E-state index in [1.807, 2.05) is 0 Å². The van der Waals surface area contributed by atoms with Crippen molar-refractivity contribution in [3.05, 3.63) is 0 Å². The number of esters is 3. The minimum absolute atomic E-state index is 0.0609. The van der Waals surface area contributed by atoms with Gasteiger partial charge in [0.05, 0.1) is 0 Å². The molecule has 0 saturated carbocycles. The van der Waals surface area contributed by atoms with Crippen LogP contribution in [0.3, 0.4) is 0 Å². The lowest BCUT2D eigenvalue weighted by Crippen LogP contribution is -2.30. The molecule has 1 atom stereocenters. The van der Waals surface area contributed by atoms with Crippen LogP contribution in [0.25, 0.3) is 0 Å². The fraction of sp³-hybridized carbons (Fsp3) is 0.949. The van der Waals surface area contributed by atoms with Crippen molar-refractivity contribution >= 4 is 17.9 Å². The van der Waals surface area contributed by atoms with Gasteiger partial charge in [-0.25, -0.2) is 0 Å². The second-order valence-corrected chi connectivity index (χ2v) is 20.3. The number of rotatable bonds is 55. The zero-order valence-electron chi connectivity index (χ0n) is 44.3. The summed E-state index contributed by atoms with van der Waals surface area (Å²) < 4.78 is 16.9. The molecule has 0 spiro atoms. The highest BCUT2D eigenvalue weighted by atomic mass is 16.6. The quantitative estimate of drug-likeness (QED) is 0.0344. The number of hydrogen-bond donors (Lipinski definition) is 0. The first-order valence-corrected chi connectivity index (χ1v) is 29.5. The third kappa shape index (κ3) is 53.2. The molecule has 0 aliphatic carbocycles. The molecule has 0 aromatic carbocycles. The van der Waals surface area contributed by atoms with E-state index >= 15 is 0 Å². The van der Waals surface area contributed by atoms with E-state index in [9.17, 15) is 14.4 Å². The van der Waals surface area contributed by atoms with Crippen molar-refractivity contribution < 1.29 is 28.6 Å². The first-order valence-electron chi connectivity index (χ1n) is 29.5. The van der Waals surface area contributed by atoms with Gasteiger partial charge in [-0.2, -0.15) is 0 Å². The van der Waals surface area contributed by atoms with E-state index in [4.69, 9.17) is 14.2 Å². The molecular formula is C59H114O6. The van der Waals surface area contributed by atoms with E-state index in [2.05, 4.69) is 20.8 Å². The van der Waals surface area contributed by atoms with Crippen molar-refractivity contribution in [2.75, 3.05) is 13.2 Å². The zero-order valence-corrected chi connectivity index (χ0v) is 44.3. The Labute approximate surface area is 406 Å². The molecule has 6 heteroatoms. The second kappa shape index (κ2) is 55.0. The number of hydrogen-bond acceptors (Lipinski definition) is 6. The predicted molar refractivity (Wildman–Crippen MR) is 280 cm³/mol. The number of carbonyl (C=O) groups is 3. The molecule has 0 aliphatic heterocycles. The highest BCUT2D eigenvalue weighted by Crippen LogP contribution is 2.18. The lowest BCUT2D eigenvalue weighted by atomic mass is 10.0. The molecule has 6 nitrogen and oxygen atoms in total. The monoisotopic (exact) mass is 919 g/mol. The summed E-state index contributed by atoms with van der Waals surface area (Å²) in [7, 11) is 0. The Morgan fingerprint density at radius 3 is 0.615 bits per heavy atom. The summed E-state index contributed by atoms with van der Waals surface area (Å²) in [6, 6.07) is 0. The Hall–Kier alpha value is -1.59. The van der Waals surface area contributed by atoms with Gasteiger partial charge in [0.15, 0.2) is 6.10 Å². The maximum atomic E-state index is 12.8. The van der Waals surface area contributed by atoms with Crippen molar-refractivity contribution in [1.29, 1.82) is 0 Å². The normalized spacial score (nSPS) is 11.9. The molecule has 0 aromatic heterocycles. The van der Waals surface area contributed by atoms with Crippen LogP contribution in [0, 0.1) is 0 Å². The van der Waals surface area contributed by atoms with Gasteiger partial charge in [0.25, 0.3) is 0 Å². The third-order valence-electron chi connectivity index (χ3n) is 13.6. The maximum Gasteiger partial charge on any atom is 0.306 e. The Kier molecular flexibility index (Phi) is 53.7. The second-order valence-electron chi connectivity index (χ2n) is 20.3. The molecule has 386 valence electrons. The van der Waals surface area contributed by atoms with Gasteiger partial charge in [0.1, 0.15) is 13.2 Å². The van der Waals surface area contributed by atoms with E-state index in [0.717, 1.165) is 57.8 Å². The van der Waals surface area contributed by atoms with E-state index in [0.29, 0.717) is 19.3 Å². The van der Waals surface area contributed by atoms with Gasteiger partial charge < -0.3 is 14.2 Å². The van der Waals surface area contributed by atoms with Crippen LogP contribution in [0.5, 0.6) is 0 Å². The standard InChI is InChI=1S/C59H114O6/c1-4-7-10-13-16-19-22-25-27-28-29-30-32-34-37-40-43-46-49-52-58(61)64-55-56(54-63-57(60)51-48-45-42-39-36-33-24-21-18-15-12-9-6-3)65-59(62)53-50-47-44-41-38-35-31-26-23-20-17-14-11-8-5-2/h56H,4-55H2,1-3H3/t56-/m1/s1. The van der Waals surface area contributed by atoms with Crippen molar-refractivity contribution in [1.82, 2.24) is 0 Å². The highest BCUT2D eigenvalue weighted by molar-refractivity contribution is 5.71. The molecule has 0 aromatic rings. The minimum atomic E-state index is -0.761. The van der Waals surface area contributed by atoms with Gasteiger partial charge in [-0.3, -0.25) is 14.4 Å². The van der Waals surface area contributed by atoms with Crippen LogP contribution in [-0.2, 0) is 28.6 Å². The SMILES string of the molecule is CCCCCCCCCCCCCCCCCCCCCC(=O)OC[C@@H](COC(=O)CCCCCCCCCCCCCCC)OC(=O)CCCCCCCCCCCCCCCCC. The Morgan fingerprint density at radius 1 is 0.246 bits per heavy atom. The summed E-state index contributed by atoms with van der Waals surface area (Å²) in [4.78, 5) is 38.1. The van der Waals surface area contributed by atoms with Crippen LogP contribution < -0.4 is 0 Å². The lowest BCUT2D eigenvalue weighted by molar-refractivity contribution is -0.167. The van der Waals surface area contributed by atoms with Gasteiger partial charge >= 0.3 is 17.9 Å². The van der Waals surface area contributed by atoms with E-state index in [1.54, 1.807) is 0 Å². The average Bonchev–Trinajstić information content (AvgIpc) is 3.30. The molecule has 0 aliphatic rings. The van der Waals surface area contributed by atoms with Crippen molar-refractivity contribution in [2.24, 2.45) is 0 Å². The summed E-state index contributed by atoms with van der Waals surface area (Å²) in [5.74, 6) is -0.831. The van der Waals surface area contributed by atoms with E-state index < -0.39 is 6.10 Å². The summed E-state index contributed by atoms with van der Waals surface area (Å²) in [5.41, 5.74) is 0. The first-order chi connectivity index (χ1) is 32.0. The molecule has 0 fully saturated rings. The van der Waals surface area contributed by atoms with E-state index in [-0.39, 0.29) is 31.1 Å². The van der Waals surface area contributed by atoms with Crippen LogP contribution >= 0.6 is 0 Å². The van der Waals surface area contributed by atoms with Gasteiger partial charge in [-0.05, 0) is 19.3 Å². The van der Waals surface area contributed by atoms with Gasteiger partial charge in [-0.15, -0.1) is 0 Å². The molecule has 0 amide bonds. The Bertz CT molecular complexity index is 967. The number of carbonyl (C=O) groups excluding carboxylic acids is 3. The van der Waals surface area contributed by atoms with Crippen LogP contribution in [-0.4, -0.2) is 37.2 Å². The topological polar surface area (TPSA) is 78.9 Å². The molecule has 0 rings (SSSR count). The molecule has 65 heavy (non-hydrogen) atoms. The van der Waals surface area contributed by atoms with Gasteiger partial charge in [0.2, 0.25) is 0 Å². The van der Waals surface area contributed by atoms with Crippen LogP contribution in [0.1, 0.15) is 342 Å². The fourth-order valence-corrected chi connectivity index (χ4v) is 9.15. The van der Waals surface area contributed by atoms with Crippen LogP contribution in [0.15, 0.2) is 0 Å². The van der Waals surface area contributed by atoms with Crippen molar-refractivity contribution in [3.63, 3.8) is 0 Å². The summed E-state index contributed by atoms with van der Waals surface area (Å²) in [6.45, 7) is 6.71. The van der Waals surface area contributed by atoms with Crippen molar-refractivity contribution in [2.45, 2.75) is 348 Å². The molecule has 0 bridgehead atoms. The smallest absolute Gasteiger partial charge is 0.306 e. The largest absolute Gasteiger partial charge is 0.462 e. The minimum Gasteiger partial charge on any atom is -0.462 e. The zero-order chi connectivity index (χ0) is 47.2. The molecular weight excluding hydrogens is 805 g/mol. The van der Waals surface area contributed by atoms with Gasteiger partial charge in [0, 0.05) is 19.3 Å². The highest BCUT2D eigenvalue weighted by Gasteiger charge is 2.19. The predicted octanol–water partition coefficient (Wildman–Crippen LogP) is 19.5. The first kappa shape index (κ1) is 63.4.